The van der Waals surface area contributed by atoms with E-state index in [1.807, 2.05) is 13.0 Å². The molecule has 0 spiro atoms. The zero-order valence-electron chi connectivity index (χ0n) is 11.6. The molecule has 3 rings (SSSR count). The van der Waals surface area contributed by atoms with Gasteiger partial charge in [0.15, 0.2) is 0 Å². The van der Waals surface area contributed by atoms with E-state index in [0.29, 0.717) is 5.82 Å². The maximum atomic E-state index is 12.0. The van der Waals surface area contributed by atoms with Crippen LogP contribution < -0.4 is 5.32 Å². The van der Waals surface area contributed by atoms with Crippen LogP contribution in [0.4, 0.5) is 5.82 Å². The molecule has 0 radical (unpaired) electrons. The van der Waals surface area contributed by atoms with Gasteiger partial charge in [0.05, 0.1) is 22.3 Å². The van der Waals surface area contributed by atoms with Crippen molar-refractivity contribution in [2.45, 2.75) is 13.5 Å². The number of aromatic nitrogens is 5. The zero-order valence-corrected chi connectivity index (χ0v) is 12.5. The van der Waals surface area contributed by atoms with Crippen LogP contribution in [-0.4, -0.2) is 30.5 Å². The van der Waals surface area contributed by atoms with Gasteiger partial charge in [0, 0.05) is 19.3 Å². The molecule has 3 aromatic rings. The summed E-state index contributed by atoms with van der Waals surface area (Å²) in [5.74, 6) is 0.514. The van der Waals surface area contributed by atoms with E-state index < -0.39 is 0 Å². The van der Waals surface area contributed by atoms with Crippen molar-refractivity contribution in [2.24, 2.45) is 7.05 Å². The number of thiazole rings is 1. The SMILES string of the molecule is Cc1ncsc1-c1ccn(CC(=O)Nc2ccnn2C)n1. The number of anilines is 1. The fourth-order valence-corrected chi connectivity index (χ4v) is 2.71. The Bertz CT molecular complexity index is 771. The maximum absolute atomic E-state index is 12.0. The van der Waals surface area contributed by atoms with Crippen LogP contribution in [0, 0.1) is 6.92 Å². The molecule has 108 valence electrons. The Hall–Kier alpha value is -2.48. The van der Waals surface area contributed by atoms with E-state index in [2.05, 4.69) is 20.5 Å². The molecule has 0 atom stereocenters. The lowest BCUT2D eigenvalue weighted by Crippen LogP contribution is -2.20. The summed E-state index contributed by atoms with van der Waals surface area (Å²) in [5, 5.41) is 11.2. The molecule has 0 aliphatic heterocycles. The average Bonchev–Trinajstić information content (AvgIpc) is 3.13. The minimum Gasteiger partial charge on any atom is -0.309 e. The lowest BCUT2D eigenvalue weighted by molar-refractivity contribution is -0.116. The molecule has 0 aliphatic carbocycles. The highest BCUT2D eigenvalue weighted by atomic mass is 32.1. The number of carbonyl (C=O) groups is 1. The van der Waals surface area contributed by atoms with Crippen molar-refractivity contribution in [1.29, 1.82) is 0 Å². The molecular weight excluding hydrogens is 288 g/mol. The van der Waals surface area contributed by atoms with Gasteiger partial charge in [-0.05, 0) is 13.0 Å². The quantitative estimate of drug-likeness (QED) is 0.795. The first-order chi connectivity index (χ1) is 10.1. The predicted molar refractivity (Wildman–Crippen MR) is 79.9 cm³/mol. The molecule has 8 heteroatoms. The van der Waals surface area contributed by atoms with Gasteiger partial charge in [-0.25, -0.2) is 4.98 Å². The van der Waals surface area contributed by atoms with Crippen LogP contribution in [0.1, 0.15) is 5.69 Å². The molecule has 3 aromatic heterocycles. The summed E-state index contributed by atoms with van der Waals surface area (Å²) >= 11 is 1.54. The highest BCUT2D eigenvalue weighted by Crippen LogP contribution is 2.25. The van der Waals surface area contributed by atoms with Crippen molar-refractivity contribution >= 4 is 23.1 Å². The molecule has 1 amide bonds. The minimum atomic E-state index is -0.144. The maximum Gasteiger partial charge on any atom is 0.247 e. The van der Waals surface area contributed by atoms with Gasteiger partial charge in [-0.2, -0.15) is 10.2 Å². The topological polar surface area (TPSA) is 77.6 Å². The second kappa shape index (κ2) is 5.49. The van der Waals surface area contributed by atoms with Gasteiger partial charge >= 0.3 is 0 Å². The van der Waals surface area contributed by atoms with Gasteiger partial charge in [-0.15, -0.1) is 11.3 Å². The van der Waals surface area contributed by atoms with E-state index in [1.165, 1.54) is 0 Å². The fraction of sp³-hybridized carbons (Fsp3) is 0.231. The number of hydrogen-bond acceptors (Lipinski definition) is 5. The molecule has 3 heterocycles. The number of rotatable bonds is 4. The highest BCUT2D eigenvalue weighted by molar-refractivity contribution is 7.13. The lowest BCUT2D eigenvalue weighted by atomic mass is 10.3. The third-order valence-electron chi connectivity index (χ3n) is 3.01. The molecule has 0 fully saturated rings. The number of nitrogens with one attached hydrogen (secondary N) is 1. The number of hydrogen-bond donors (Lipinski definition) is 1. The molecule has 0 saturated carbocycles. The smallest absolute Gasteiger partial charge is 0.247 e. The molecule has 1 N–H and O–H groups in total. The van der Waals surface area contributed by atoms with Crippen molar-refractivity contribution < 1.29 is 4.79 Å². The summed E-state index contributed by atoms with van der Waals surface area (Å²) in [6.45, 7) is 2.10. The van der Waals surface area contributed by atoms with Gasteiger partial charge in [0.25, 0.3) is 0 Å². The Morgan fingerprint density at radius 1 is 1.43 bits per heavy atom. The highest BCUT2D eigenvalue weighted by Gasteiger charge is 2.11. The molecule has 0 unspecified atom stereocenters. The number of aryl methyl sites for hydroxylation is 2. The summed E-state index contributed by atoms with van der Waals surface area (Å²) in [7, 11) is 1.77. The molecular formula is C13H14N6OS. The van der Waals surface area contributed by atoms with Crippen LogP contribution in [0.15, 0.2) is 30.0 Å². The van der Waals surface area contributed by atoms with E-state index in [1.54, 1.807) is 51.7 Å². The molecule has 0 bridgehead atoms. The van der Waals surface area contributed by atoms with E-state index in [4.69, 9.17) is 0 Å². The zero-order chi connectivity index (χ0) is 14.8. The lowest BCUT2D eigenvalue weighted by Gasteiger charge is -2.05. The van der Waals surface area contributed by atoms with Crippen molar-refractivity contribution in [3.05, 3.63) is 35.7 Å². The minimum absolute atomic E-state index is 0.144. The van der Waals surface area contributed by atoms with Gasteiger partial charge in [-0.1, -0.05) is 0 Å². The summed E-state index contributed by atoms with van der Waals surface area (Å²) in [6, 6.07) is 3.63. The Labute approximate surface area is 125 Å². The number of carbonyl (C=O) groups excluding carboxylic acids is 1. The molecule has 7 nitrogen and oxygen atoms in total. The van der Waals surface area contributed by atoms with Crippen LogP contribution in [0.5, 0.6) is 0 Å². The first-order valence-corrected chi connectivity index (χ1v) is 7.23. The second-order valence-electron chi connectivity index (χ2n) is 4.55. The van der Waals surface area contributed by atoms with Crippen molar-refractivity contribution in [2.75, 3.05) is 5.32 Å². The Kier molecular flexibility index (Phi) is 3.53. The van der Waals surface area contributed by atoms with Crippen LogP contribution in [-0.2, 0) is 18.4 Å². The second-order valence-corrected chi connectivity index (χ2v) is 5.41. The van der Waals surface area contributed by atoms with Crippen molar-refractivity contribution in [1.82, 2.24) is 24.5 Å². The predicted octanol–water partition coefficient (Wildman–Crippen LogP) is 1.69. The van der Waals surface area contributed by atoms with Gasteiger partial charge in [-0.3, -0.25) is 14.2 Å². The standard InChI is InChI=1S/C13H14N6OS/c1-9-13(21-8-14-9)10-4-6-19(17-10)7-12(20)16-11-3-5-15-18(11)2/h3-6,8H,7H2,1-2H3,(H,16,20). The first kappa shape index (κ1) is 13.5. The molecule has 0 aromatic carbocycles. The van der Waals surface area contributed by atoms with Crippen LogP contribution in [0.3, 0.4) is 0 Å². The summed E-state index contributed by atoms with van der Waals surface area (Å²) < 4.78 is 3.22. The normalized spacial score (nSPS) is 10.8. The summed E-state index contributed by atoms with van der Waals surface area (Å²) in [6.07, 6.45) is 3.42. The average molecular weight is 302 g/mol. The first-order valence-electron chi connectivity index (χ1n) is 6.35. The van der Waals surface area contributed by atoms with E-state index in [9.17, 15) is 4.79 Å². The van der Waals surface area contributed by atoms with Gasteiger partial charge in [0.1, 0.15) is 18.1 Å². The van der Waals surface area contributed by atoms with Crippen molar-refractivity contribution in [3.63, 3.8) is 0 Å². The van der Waals surface area contributed by atoms with Crippen LogP contribution >= 0.6 is 11.3 Å². The molecule has 0 saturated heterocycles. The van der Waals surface area contributed by atoms with Gasteiger partial charge < -0.3 is 5.32 Å². The van der Waals surface area contributed by atoms with Crippen LogP contribution in [0.2, 0.25) is 0 Å². The fourth-order valence-electron chi connectivity index (χ4n) is 1.94. The van der Waals surface area contributed by atoms with E-state index in [-0.39, 0.29) is 12.5 Å². The van der Waals surface area contributed by atoms with E-state index in [0.717, 1.165) is 16.3 Å². The van der Waals surface area contributed by atoms with Crippen molar-refractivity contribution in [3.8, 4) is 10.6 Å². The Morgan fingerprint density at radius 3 is 2.95 bits per heavy atom. The summed E-state index contributed by atoms with van der Waals surface area (Å²) in [4.78, 5) is 17.2. The number of amides is 1. The monoisotopic (exact) mass is 302 g/mol. The molecule has 0 aliphatic rings. The third kappa shape index (κ3) is 2.84. The largest absolute Gasteiger partial charge is 0.309 e. The Balaban J connectivity index is 1.69. The van der Waals surface area contributed by atoms with Crippen LogP contribution in [0.25, 0.3) is 10.6 Å². The molecule has 21 heavy (non-hydrogen) atoms. The summed E-state index contributed by atoms with van der Waals surface area (Å²) in [5.41, 5.74) is 3.58. The number of nitrogens with zero attached hydrogens (tertiary/aromatic N) is 5. The third-order valence-corrected chi connectivity index (χ3v) is 3.96. The van der Waals surface area contributed by atoms with E-state index >= 15 is 0 Å². The Morgan fingerprint density at radius 2 is 2.29 bits per heavy atom. The van der Waals surface area contributed by atoms with Gasteiger partial charge in [0.2, 0.25) is 5.91 Å².